The van der Waals surface area contributed by atoms with Crippen molar-refractivity contribution in [1.29, 1.82) is 0 Å². The number of rotatable bonds is 6. The van der Waals surface area contributed by atoms with Gasteiger partial charge in [0.1, 0.15) is 17.2 Å². The number of nitrogens with zero attached hydrogens (tertiary/aromatic N) is 3. The number of amides is 1. The van der Waals surface area contributed by atoms with Crippen LogP contribution in [0.5, 0.6) is 11.5 Å². The number of methoxy groups -OCH3 is 2. The van der Waals surface area contributed by atoms with Crippen LogP contribution in [0.4, 0.5) is 0 Å². The highest BCUT2D eigenvalue weighted by atomic mass is 16.5. The lowest BCUT2D eigenvalue weighted by Crippen LogP contribution is -2.32. The Morgan fingerprint density at radius 1 is 1.00 bits per heavy atom. The van der Waals surface area contributed by atoms with E-state index in [1.54, 1.807) is 14.2 Å². The summed E-state index contributed by atoms with van der Waals surface area (Å²) in [5, 5.41) is 4.82. The smallest absolute Gasteiger partial charge is 0.273 e. The molecule has 0 radical (unpaired) electrons. The van der Waals surface area contributed by atoms with E-state index < -0.39 is 0 Å². The van der Waals surface area contributed by atoms with Crippen molar-refractivity contribution in [3.8, 4) is 17.2 Å². The van der Waals surface area contributed by atoms with Crippen LogP contribution in [0.15, 0.2) is 54.6 Å². The Morgan fingerprint density at radius 3 is 2.52 bits per heavy atom. The zero-order chi connectivity index (χ0) is 21.4. The Bertz CT molecular complexity index is 1090. The van der Waals surface area contributed by atoms with Gasteiger partial charge in [0.25, 0.3) is 5.91 Å². The average molecular weight is 418 g/mol. The van der Waals surface area contributed by atoms with Crippen molar-refractivity contribution in [3.63, 3.8) is 0 Å². The van der Waals surface area contributed by atoms with Gasteiger partial charge >= 0.3 is 0 Å². The van der Waals surface area contributed by atoms with Crippen LogP contribution in [0.25, 0.3) is 5.69 Å². The number of carbonyl (C=O) groups is 1. The van der Waals surface area contributed by atoms with Crippen molar-refractivity contribution >= 4 is 5.91 Å². The minimum Gasteiger partial charge on any atom is -0.497 e. The summed E-state index contributed by atoms with van der Waals surface area (Å²) in [4.78, 5) is 15.8. The number of likely N-dealkylation sites (tertiary alicyclic amines) is 1. The van der Waals surface area contributed by atoms with Gasteiger partial charge < -0.3 is 14.4 Å². The summed E-state index contributed by atoms with van der Waals surface area (Å²) in [6.07, 6.45) is 4.13. The minimum absolute atomic E-state index is 0.00984. The summed E-state index contributed by atoms with van der Waals surface area (Å²) in [7, 11) is 3.32. The molecule has 1 aromatic heterocycles. The van der Waals surface area contributed by atoms with Crippen molar-refractivity contribution in [2.75, 3.05) is 20.8 Å². The van der Waals surface area contributed by atoms with Gasteiger partial charge in [0.15, 0.2) is 0 Å². The zero-order valence-corrected chi connectivity index (χ0v) is 18.0. The van der Waals surface area contributed by atoms with Gasteiger partial charge in [-0.25, -0.2) is 4.68 Å². The summed E-state index contributed by atoms with van der Waals surface area (Å²) >= 11 is 0. The number of ether oxygens (including phenoxy) is 2. The van der Waals surface area contributed by atoms with Crippen LogP contribution in [-0.2, 0) is 0 Å². The van der Waals surface area contributed by atoms with Crippen LogP contribution in [0.3, 0.4) is 0 Å². The highest BCUT2D eigenvalue weighted by Crippen LogP contribution is 2.42. The zero-order valence-electron chi connectivity index (χ0n) is 18.0. The van der Waals surface area contributed by atoms with Crippen LogP contribution >= 0.6 is 0 Å². The maximum absolute atomic E-state index is 13.8. The van der Waals surface area contributed by atoms with Gasteiger partial charge in [-0.2, -0.15) is 5.10 Å². The number of carbonyl (C=O) groups excluding carboxylic acids is 1. The van der Waals surface area contributed by atoms with Gasteiger partial charge in [-0.1, -0.05) is 18.2 Å². The third-order valence-corrected chi connectivity index (χ3v) is 6.25. The second-order valence-corrected chi connectivity index (χ2v) is 8.24. The molecule has 6 nitrogen and oxygen atoms in total. The first-order valence-electron chi connectivity index (χ1n) is 10.9. The molecule has 2 aromatic carbocycles. The van der Waals surface area contributed by atoms with Crippen LogP contribution in [0, 0.1) is 0 Å². The van der Waals surface area contributed by atoms with E-state index in [1.165, 1.54) is 0 Å². The second kappa shape index (κ2) is 8.10. The van der Waals surface area contributed by atoms with E-state index in [0.717, 1.165) is 54.1 Å². The summed E-state index contributed by atoms with van der Waals surface area (Å²) in [6.45, 7) is 0.711. The SMILES string of the molecule is COc1ccc(OC)c([C@H]2CCCN2C(=O)c2cc(C3CC3)nn2-c2ccccc2)c1. The van der Waals surface area contributed by atoms with E-state index in [-0.39, 0.29) is 11.9 Å². The van der Waals surface area contributed by atoms with E-state index in [2.05, 4.69) is 0 Å². The molecule has 2 aliphatic rings. The lowest BCUT2D eigenvalue weighted by Gasteiger charge is -2.27. The van der Waals surface area contributed by atoms with Crippen LogP contribution in [0.1, 0.15) is 59.4 Å². The highest BCUT2D eigenvalue weighted by molar-refractivity contribution is 5.94. The van der Waals surface area contributed by atoms with E-state index in [4.69, 9.17) is 14.6 Å². The van der Waals surface area contributed by atoms with E-state index in [0.29, 0.717) is 18.2 Å². The number of aromatic nitrogens is 2. The molecule has 2 heterocycles. The molecule has 2 fully saturated rings. The predicted octanol–water partition coefficient (Wildman–Crippen LogP) is 4.74. The Balaban J connectivity index is 1.53. The molecular formula is C25H27N3O3. The predicted molar refractivity (Wildman–Crippen MR) is 118 cm³/mol. The lowest BCUT2D eigenvalue weighted by atomic mass is 10.0. The van der Waals surface area contributed by atoms with Gasteiger partial charge in [0.05, 0.1) is 31.6 Å². The molecule has 31 heavy (non-hydrogen) atoms. The standard InChI is InChI=1S/C25H27N3O3/c1-30-19-12-13-24(31-2)20(15-19)22-9-6-14-27(22)25(29)23-16-21(17-10-11-17)26-28(23)18-7-4-3-5-8-18/h3-5,7-8,12-13,15-17,22H,6,9-11,14H2,1-2H3/t22-/m1/s1. The fourth-order valence-corrected chi connectivity index (χ4v) is 4.48. The monoisotopic (exact) mass is 417 g/mol. The molecule has 160 valence electrons. The Morgan fingerprint density at radius 2 is 1.81 bits per heavy atom. The maximum Gasteiger partial charge on any atom is 0.273 e. The second-order valence-electron chi connectivity index (χ2n) is 8.24. The van der Waals surface area contributed by atoms with Crippen LogP contribution in [-0.4, -0.2) is 41.4 Å². The molecule has 0 unspecified atom stereocenters. The normalized spacial score (nSPS) is 18.3. The van der Waals surface area contributed by atoms with Crippen molar-refractivity contribution in [2.45, 2.75) is 37.6 Å². The Hall–Kier alpha value is -3.28. The van der Waals surface area contributed by atoms with E-state index in [1.807, 2.05) is 64.2 Å². The minimum atomic E-state index is -0.0546. The van der Waals surface area contributed by atoms with E-state index >= 15 is 0 Å². The van der Waals surface area contributed by atoms with Gasteiger partial charge in [-0.15, -0.1) is 0 Å². The fourth-order valence-electron chi connectivity index (χ4n) is 4.48. The third kappa shape index (κ3) is 3.67. The molecule has 6 heteroatoms. The molecule has 1 aliphatic carbocycles. The van der Waals surface area contributed by atoms with Crippen molar-refractivity contribution < 1.29 is 14.3 Å². The third-order valence-electron chi connectivity index (χ3n) is 6.25. The van der Waals surface area contributed by atoms with Gasteiger partial charge in [-0.3, -0.25) is 4.79 Å². The summed E-state index contributed by atoms with van der Waals surface area (Å²) in [5.74, 6) is 2.03. The first-order valence-corrected chi connectivity index (χ1v) is 10.9. The number of hydrogen-bond donors (Lipinski definition) is 0. The molecule has 1 saturated heterocycles. The van der Waals surface area contributed by atoms with Gasteiger partial charge in [-0.05, 0) is 62.1 Å². The molecule has 3 aromatic rings. The number of benzene rings is 2. The Labute approximate surface area is 182 Å². The first kappa shape index (κ1) is 19.7. The Kier molecular flexibility index (Phi) is 5.14. The first-order chi connectivity index (χ1) is 15.2. The highest BCUT2D eigenvalue weighted by Gasteiger charge is 2.36. The van der Waals surface area contributed by atoms with Crippen molar-refractivity contribution in [3.05, 3.63) is 71.5 Å². The van der Waals surface area contributed by atoms with E-state index in [9.17, 15) is 4.79 Å². The molecule has 5 rings (SSSR count). The van der Waals surface area contributed by atoms with Gasteiger partial charge in [0.2, 0.25) is 0 Å². The number of hydrogen-bond acceptors (Lipinski definition) is 4. The topological polar surface area (TPSA) is 56.6 Å². The van der Waals surface area contributed by atoms with Crippen LogP contribution < -0.4 is 9.47 Å². The summed E-state index contributed by atoms with van der Waals surface area (Å²) in [5.41, 5.74) is 3.54. The number of para-hydroxylation sites is 1. The van der Waals surface area contributed by atoms with Crippen molar-refractivity contribution in [1.82, 2.24) is 14.7 Å². The average Bonchev–Trinajstić information content (AvgIpc) is 3.38. The molecule has 1 saturated carbocycles. The molecule has 0 bridgehead atoms. The van der Waals surface area contributed by atoms with Crippen molar-refractivity contribution in [2.24, 2.45) is 0 Å². The largest absolute Gasteiger partial charge is 0.497 e. The summed E-state index contributed by atoms with van der Waals surface area (Å²) in [6, 6.07) is 17.6. The van der Waals surface area contributed by atoms with Crippen LogP contribution in [0.2, 0.25) is 0 Å². The quantitative estimate of drug-likeness (QED) is 0.581. The van der Waals surface area contributed by atoms with Gasteiger partial charge in [0, 0.05) is 18.0 Å². The molecule has 1 amide bonds. The molecule has 1 atom stereocenters. The lowest BCUT2D eigenvalue weighted by molar-refractivity contribution is 0.0724. The molecule has 0 N–H and O–H groups in total. The molecule has 0 spiro atoms. The maximum atomic E-state index is 13.8. The molecule has 1 aliphatic heterocycles. The fraction of sp³-hybridized carbons (Fsp3) is 0.360. The molecular weight excluding hydrogens is 390 g/mol. The summed E-state index contributed by atoms with van der Waals surface area (Å²) < 4.78 is 12.9.